The van der Waals surface area contributed by atoms with Crippen molar-refractivity contribution in [3.05, 3.63) is 71.9 Å². The Kier molecular flexibility index (Phi) is 3.82. The van der Waals surface area contributed by atoms with E-state index in [-0.39, 0.29) is 12.0 Å². The number of amides is 1. The average molecular weight is 320 g/mol. The molecule has 0 aliphatic carbocycles. The topological polar surface area (TPSA) is 34.5 Å². The highest BCUT2D eigenvalue weighted by Crippen LogP contribution is 2.24. The zero-order valence-electron chi connectivity index (χ0n) is 13.7. The second kappa shape index (κ2) is 6.13. The standard InChI is InChI=1S/C20H20N2O2/c1-21-10-9-16-13-17(7-8-18(16)21)20(23)22-11-12-24-19(14-22)15-5-3-2-4-6-15/h2-10,13,19H,11-12,14H2,1H3/t19-/m1/s1. The molecule has 1 fully saturated rings. The predicted molar refractivity (Wildman–Crippen MR) is 94.0 cm³/mol. The third kappa shape index (κ3) is 2.69. The zero-order chi connectivity index (χ0) is 16.5. The maximum absolute atomic E-state index is 12.9. The molecule has 4 nitrogen and oxygen atoms in total. The fourth-order valence-electron chi connectivity index (χ4n) is 3.30. The first kappa shape index (κ1) is 15.0. The van der Waals surface area contributed by atoms with Gasteiger partial charge < -0.3 is 14.2 Å². The summed E-state index contributed by atoms with van der Waals surface area (Å²) in [6.07, 6.45) is 1.96. The number of rotatable bonds is 2. The van der Waals surface area contributed by atoms with Gasteiger partial charge in [0.2, 0.25) is 0 Å². The SMILES string of the molecule is Cn1ccc2cc(C(=O)N3CCO[C@@H](c4ccccc4)C3)ccc21. The first-order chi connectivity index (χ1) is 11.7. The van der Waals surface area contributed by atoms with Gasteiger partial charge in [0.15, 0.2) is 0 Å². The van der Waals surface area contributed by atoms with Gasteiger partial charge in [-0.1, -0.05) is 30.3 Å². The van der Waals surface area contributed by atoms with E-state index in [0.717, 1.165) is 22.0 Å². The first-order valence-electron chi connectivity index (χ1n) is 8.23. The van der Waals surface area contributed by atoms with Crippen molar-refractivity contribution >= 4 is 16.8 Å². The lowest BCUT2D eigenvalue weighted by Crippen LogP contribution is -2.42. The molecule has 0 radical (unpaired) electrons. The van der Waals surface area contributed by atoms with Gasteiger partial charge in [-0.25, -0.2) is 0 Å². The highest BCUT2D eigenvalue weighted by molar-refractivity contribution is 5.98. The number of morpholine rings is 1. The van der Waals surface area contributed by atoms with Gasteiger partial charge >= 0.3 is 0 Å². The van der Waals surface area contributed by atoms with Crippen LogP contribution in [0.2, 0.25) is 0 Å². The van der Waals surface area contributed by atoms with Crippen LogP contribution < -0.4 is 0 Å². The van der Waals surface area contributed by atoms with Crippen molar-refractivity contribution in [1.29, 1.82) is 0 Å². The number of aromatic nitrogens is 1. The van der Waals surface area contributed by atoms with Gasteiger partial charge in [0.25, 0.3) is 5.91 Å². The Morgan fingerprint density at radius 3 is 2.79 bits per heavy atom. The number of aryl methyl sites for hydroxylation is 1. The van der Waals surface area contributed by atoms with Crippen LogP contribution in [-0.2, 0) is 11.8 Å². The largest absolute Gasteiger partial charge is 0.370 e. The maximum Gasteiger partial charge on any atom is 0.254 e. The van der Waals surface area contributed by atoms with Crippen molar-refractivity contribution in [2.24, 2.45) is 7.05 Å². The van der Waals surface area contributed by atoms with E-state index in [0.29, 0.717) is 19.7 Å². The lowest BCUT2D eigenvalue weighted by molar-refractivity contribution is -0.0228. The van der Waals surface area contributed by atoms with Crippen molar-refractivity contribution in [2.75, 3.05) is 19.7 Å². The Bertz CT molecular complexity index is 870. The molecule has 1 atom stereocenters. The van der Waals surface area contributed by atoms with Crippen LogP contribution in [0, 0.1) is 0 Å². The Labute approximate surface area is 141 Å². The molecular weight excluding hydrogens is 300 g/mol. The molecule has 4 heteroatoms. The Morgan fingerprint density at radius 2 is 1.96 bits per heavy atom. The molecule has 1 aromatic heterocycles. The third-order valence-electron chi connectivity index (χ3n) is 4.66. The minimum Gasteiger partial charge on any atom is -0.370 e. The number of carbonyl (C=O) groups excluding carboxylic acids is 1. The normalized spacial score (nSPS) is 18.0. The predicted octanol–water partition coefficient (Wildman–Crippen LogP) is 3.39. The van der Waals surface area contributed by atoms with Crippen LogP contribution in [0.25, 0.3) is 10.9 Å². The van der Waals surface area contributed by atoms with Crippen LogP contribution in [0.5, 0.6) is 0 Å². The molecule has 3 aromatic rings. The van der Waals surface area contributed by atoms with E-state index in [1.54, 1.807) is 0 Å². The van der Waals surface area contributed by atoms with Crippen molar-refractivity contribution in [3.8, 4) is 0 Å². The number of fused-ring (bicyclic) bond motifs is 1. The second-order valence-electron chi connectivity index (χ2n) is 6.22. The maximum atomic E-state index is 12.9. The van der Waals surface area contributed by atoms with Gasteiger partial charge in [-0.05, 0) is 29.8 Å². The molecule has 0 bridgehead atoms. The highest BCUT2D eigenvalue weighted by atomic mass is 16.5. The molecule has 0 spiro atoms. The summed E-state index contributed by atoms with van der Waals surface area (Å²) in [5, 5.41) is 1.09. The molecule has 0 unspecified atom stereocenters. The van der Waals surface area contributed by atoms with Crippen LogP contribution in [0.15, 0.2) is 60.8 Å². The van der Waals surface area contributed by atoms with Crippen molar-refractivity contribution in [3.63, 3.8) is 0 Å². The molecule has 24 heavy (non-hydrogen) atoms. The Balaban J connectivity index is 1.56. The molecule has 0 N–H and O–H groups in total. The van der Waals surface area contributed by atoms with Crippen molar-refractivity contribution in [1.82, 2.24) is 9.47 Å². The minimum atomic E-state index is -0.0515. The lowest BCUT2D eigenvalue weighted by Gasteiger charge is -2.33. The first-order valence-corrected chi connectivity index (χ1v) is 8.23. The molecule has 1 saturated heterocycles. The van der Waals surface area contributed by atoms with Gasteiger partial charge in [0.05, 0.1) is 13.2 Å². The van der Waals surface area contributed by atoms with Crippen molar-refractivity contribution < 1.29 is 9.53 Å². The van der Waals surface area contributed by atoms with Gasteiger partial charge in [0.1, 0.15) is 6.10 Å². The summed E-state index contributed by atoms with van der Waals surface area (Å²) in [7, 11) is 2.01. The number of hydrogen-bond donors (Lipinski definition) is 0. The van der Waals surface area contributed by atoms with E-state index in [1.807, 2.05) is 60.6 Å². The molecule has 1 aliphatic heterocycles. The molecule has 1 aliphatic rings. The summed E-state index contributed by atoms with van der Waals surface area (Å²) < 4.78 is 7.92. The van der Waals surface area contributed by atoms with Crippen LogP contribution in [0.1, 0.15) is 22.0 Å². The van der Waals surface area contributed by atoms with Gasteiger partial charge in [-0.2, -0.15) is 0 Å². The lowest BCUT2D eigenvalue weighted by atomic mass is 10.1. The highest BCUT2D eigenvalue weighted by Gasteiger charge is 2.26. The molecule has 0 saturated carbocycles. The second-order valence-corrected chi connectivity index (χ2v) is 6.22. The van der Waals surface area contributed by atoms with Crippen LogP contribution in [0.4, 0.5) is 0 Å². The van der Waals surface area contributed by atoms with E-state index in [4.69, 9.17) is 4.74 Å². The summed E-state index contributed by atoms with van der Waals surface area (Å²) in [6.45, 7) is 1.80. The molecular formula is C20H20N2O2. The van der Waals surface area contributed by atoms with Gasteiger partial charge in [0, 0.05) is 36.3 Å². The molecule has 122 valence electrons. The van der Waals surface area contributed by atoms with Crippen LogP contribution >= 0.6 is 0 Å². The number of benzene rings is 2. The summed E-state index contributed by atoms with van der Waals surface area (Å²) in [5.41, 5.74) is 2.99. The Morgan fingerprint density at radius 1 is 1.12 bits per heavy atom. The van der Waals surface area contributed by atoms with Crippen LogP contribution in [-0.4, -0.2) is 35.1 Å². The Hall–Kier alpha value is -2.59. The van der Waals surface area contributed by atoms with E-state index >= 15 is 0 Å². The fraction of sp³-hybridized carbons (Fsp3) is 0.250. The number of hydrogen-bond acceptors (Lipinski definition) is 2. The summed E-state index contributed by atoms with van der Waals surface area (Å²) in [5.74, 6) is 0.0741. The monoisotopic (exact) mass is 320 g/mol. The molecule has 4 rings (SSSR count). The summed E-state index contributed by atoms with van der Waals surface area (Å²) >= 11 is 0. The fourth-order valence-corrected chi connectivity index (χ4v) is 3.30. The van der Waals surface area contributed by atoms with Crippen molar-refractivity contribution in [2.45, 2.75) is 6.10 Å². The number of carbonyl (C=O) groups is 1. The van der Waals surface area contributed by atoms with E-state index in [1.165, 1.54) is 0 Å². The summed E-state index contributed by atoms with van der Waals surface area (Å²) in [4.78, 5) is 14.8. The van der Waals surface area contributed by atoms with E-state index < -0.39 is 0 Å². The molecule has 2 aromatic carbocycles. The molecule has 1 amide bonds. The zero-order valence-corrected chi connectivity index (χ0v) is 13.7. The number of nitrogens with zero attached hydrogens (tertiary/aromatic N) is 2. The van der Waals surface area contributed by atoms with E-state index in [9.17, 15) is 4.79 Å². The van der Waals surface area contributed by atoms with Gasteiger partial charge in [-0.3, -0.25) is 4.79 Å². The van der Waals surface area contributed by atoms with E-state index in [2.05, 4.69) is 16.7 Å². The van der Waals surface area contributed by atoms with Gasteiger partial charge in [-0.15, -0.1) is 0 Å². The van der Waals surface area contributed by atoms with Crippen LogP contribution in [0.3, 0.4) is 0 Å². The number of ether oxygens (including phenoxy) is 1. The minimum absolute atomic E-state index is 0.0515. The molecule has 2 heterocycles. The summed E-state index contributed by atoms with van der Waals surface area (Å²) in [6, 6.07) is 18.0. The quantitative estimate of drug-likeness (QED) is 0.725. The average Bonchev–Trinajstić information content (AvgIpc) is 3.02. The smallest absolute Gasteiger partial charge is 0.254 e. The third-order valence-corrected chi connectivity index (χ3v) is 4.66.